The van der Waals surface area contributed by atoms with Gasteiger partial charge in [-0.25, -0.2) is 4.98 Å². The average Bonchev–Trinajstić information content (AvgIpc) is 2.82. The molecule has 0 bridgehead atoms. The molecular formula is C17H20N2O. The van der Waals surface area contributed by atoms with Crippen LogP contribution in [0.5, 0.6) is 5.75 Å². The molecule has 20 heavy (non-hydrogen) atoms. The number of hydrogen-bond donors (Lipinski definition) is 1. The van der Waals surface area contributed by atoms with Gasteiger partial charge in [0.05, 0.1) is 6.04 Å². The standard InChI is InChI=1S/C17H20N2O/c1-17(2,3)12-8-9-16(18-10-12)19-14-11-20-15-7-5-4-6-13(14)15/h4-10,14H,11H2,1-3H3,(H,18,19). The Bertz CT molecular complexity index is 599. The van der Waals surface area contributed by atoms with E-state index >= 15 is 0 Å². The highest BCUT2D eigenvalue weighted by Gasteiger charge is 2.23. The fourth-order valence-corrected chi connectivity index (χ4v) is 2.38. The fraction of sp³-hybridized carbons (Fsp3) is 0.353. The molecule has 0 spiro atoms. The summed E-state index contributed by atoms with van der Waals surface area (Å²) in [4.78, 5) is 4.51. The Hall–Kier alpha value is -2.03. The quantitative estimate of drug-likeness (QED) is 0.896. The molecular weight excluding hydrogens is 248 g/mol. The van der Waals surface area contributed by atoms with Crippen LogP contribution in [0.15, 0.2) is 42.6 Å². The summed E-state index contributed by atoms with van der Waals surface area (Å²) >= 11 is 0. The second-order valence-corrected chi connectivity index (χ2v) is 6.23. The lowest BCUT2D eigenvalue weighted by molar-refractivity contribution is 0.339. The van der Waals surface area contributed by atoms with Crippen molar-refractivity contribution >= 4 is 5.82 Å². The van der Waals surface area contributed by atoms with Gasteiger partial charge in [-0.1, -0.05) is 45.0 Å². The average molecular weight is 268 g/mol. The summed E-state index contributed by atoms with van der Waals surface area (Å²) in [5, 5.41) is 3.44. The minimum atomic E-state index is 0.134. The number of benzene rings is 1. The van der Waals surface area contributed by atoms with Crippen LogP contribution in [0, 0.1) is 0 Å². The van der Waals surface area contributed by atoms with Gasteiger partial charge in [0.1, 0.15) is 18.2 Å². The topological polar surface area (TPSA) is 34.1 Å². The lowest BCUT2D eigenvalue weighted by Gasteiger charge is -2.19. The molecule has 3 heteroatoms. The van der Waals surface area contributed by atoms with Crippen molar-refractivity contribution in [2.75, 3.05) is 11.9 Å². The first-order valence-electron chi connectivity index (χ1n) is 6.99. The lowest BCUT2D eigenvalue weighted by Crippen LogP contribution is -2.14. The van der Waals surface area contributed by atoms with Gasteiger partial charge >= 0.3 is 0 Å². The summed E-state index contributed by atoms with van der Waals surface area (Å²) in [7, 11) is 0. The molecule has 1 aromatic carbocycles. The molecule has 2 aromatic rings. The number of pyridine rings is 1. The van der Waals surface area contributed by atoms with E-state index < -0.39 is 0 Å². The van der Waals surface area contributed by atoms with E-state index in [0.717, 1.165) is 11.6 Å². The van der Waals surface area contributed by atoms with Gasteiger partial charge < -0.3 is 10.1 Å². The number of aromatic nitrogens is 1. The van der Waals surface area contributed by atoms with Gasteiger partial charge in [0.2, 0.25) is 0 Å². The van der Waals surface area contributed by atoms with Gasteiger partial charge in [-0.3, -0.25) is 0 Å². The van der Waals surface area contributed by atoms with E-state index in [0.29, 0.717) is 6.61 Å². The molecule has 1 aliphatic heterocycles. The van der Waals surface area contributed by atoms with E-state index in [1.165, 1.54) is 11.1 Å². The molecule has 1 N–H and O–H groups in total. The second-order valence-electron chi connectivity index (χ2n) is 6.23. The summed E-state index contributed by atoms with van der Waals surface area (Å²) in [5.74, 6) is 1.86. The fourth-order valence-electron chi connectivity index (χ4n) is 2.38. The Kier molecular flexibility index (Phi) is 3.13. The van der Waals surface area contributed by atoms with Crippen LogP contribution in [0.4, 0.5) is 5.82 Å². The van der Waals surface area contributed by atoms with Crippen LogP contribution in [0.2, 0.25) is 0 Å². The summed E-state index contributed by atoms with van der Waals surface area (Å²) in [6.45, 7) is 7.23. The molecule has 1 aliphatic rings. The van der Waals surface area contributed by atoms with Gasteiger partial charge in [0, 0.05) is 11.8 Å². The minimum Gasteiger partial charge on any atom is -0.491 e. The van der Waals surface area contributed by atoms with Crippen molar-refractivity contribution in [3.63, 3.8) is 0 Å². The highest BCUT2D eigenvalue weighted by atomic mass is 16.5. The highest BCUT2D eigenvalue weighted by molar-refractivity contribution is 5.46. The molecule has 1 aromatic heterocycles. The highest BCUT2D eigenvalue weighted by Crippen LogP contribution is 2.33. The molecule has 0 aliphatic carbocycles. The first-order chi connectivity index (χ1) is 9.54. The Morgan fingerprint density at radius 2 is 1.95 bits per heavy atom. The summed E-state index contributed by atoms with van der Waals surface area (Å²) in [6, 6.07) is 12.5. The van der Waals surface area contributed by atoms with Crippen molar-refractivity contribution in [2.45, 2.75) is 32.2 Å². The summed E-state index contributed by atoms with van der Waals surface area (Å²) in [6.07, 6.45) is 1.95. The zero-order valence-corrected chi connectivity index (χ0v) is 12.2. The molecule has 1 unspecified atom stereocenters. The van der Waals surface area contributed by atoms with Crippen molar-refractivity contribution in [1.29, 1.82) is 0 Å². The number of nitrogens with one attached hydrogen (secondary N) is 1. The first-order valence-corrected chi connectivity index (χ1v) is 6.99. The molecule has 0 saturated carbocycles. The van der Waals surface area contributed by atoms with Crippen molar-refractivity contribution in [3.8, 4) is 5.75 Å². The van der Waals surface area contributed by atoms with E-state index in [1.807, 2.05) is 30.5 Å². The van der Waals surface area contributed by atoms with Gasteiger partial charge in [0.25, 0.3) is 0 Å². The number of ether oxygens (including phenoxy) is 1. The van der Waals surface area contributed by atoms with Crippen molar-refractivity contribution in [1.82, 2.24) is 4.98 Å². The summed E-state index contributed by atoms with van der Waals surface area (Å²) in [5.41, 5.74) is 2.58. The van der Waals surface area contributed by atoms with Crippen LogP contribution < -0.4 is 10.1 Å². The van der Waals surface area contributed by atoms with Gasteiger partial charge in [0.15, 0.2) is 0 Å². The van der Waals surface area contributed by atoms with E-state index in [4.69, 9.17) is 4.74 Å². The zero-order chi connectivity index (χ0) is 14.2. The molecule has 1 atom stereocenters. The van der Waals surface area contributed by atoms with E-state index in [-0.39, 0.29) is 11.5 Å². The number of fused-ring (bicyclic) bond motifs is 1. The molecule has 0 saturated heterocycles. The molecule has 0 amide bonds. The third-order valence-corrected chi connectivity index (χ3v) is 3.65. The molecule has 2 heterocycles. The van der Waals surface area contributed by atoms with Crippen LogP contribution in [-0.4, -0.2) is 11.6 Å². The molecule has 0 radical (unpaired) electrons. The third kappa shape index (κ3) is 2.48. The second kappa shape index (κ2) is 4.82. The Labute approximate surface area is 120 Å². The zero-order valence-electron chi connectivity index (χ0n) is 12.2. The lowest BCUT2D eigenvalue weighted by atomic mass is 9.88. The molecule has 104 valence electrons. The minimum absolute atomic E-state index is 0.134. The predicted molar refractivity (Wildman–Crippen MR) is 81.2 cm³/mol. The first kappa shape index (κ1) is 13.0. The van der Waals surface area contributed by atoms with Crippen LogP contribution in [0.3, 0.4) is 0 Å². The monoisotopic (exact) mass is 268 g/mol. The Morgan fingerprint density at radius 3 is 2.65 bits per heavy atom. The smallest absolute Gasteiger partial charge is 0.126 e. The van der Waals surface area contributed by atoms with Crippen LogP contribution in [-0.2, 0) is 5.41 Å². The van der Waals surface area contributed by atoms with Gasteiger partial charge in [-0.2, -0.15) is 0 Å². The van der Waals surface area contributed by atoms with Crippen molar-refractivity contribution < 1.29 is 4.74 Å². The van der Waals surface area contributed by atoms with Crippen molar-refractivity contribution in [3.05, 3.63) is 53.7 Å². The SMILES string of the molecule is CC(C)(C)c1ccc(NC2COc3ccccc32)nc1. The number of anilines is 1. The van der Waals surface area contributed by atoms with E-state index in [2.05, 4.69) is 43.2 Å². The maximum Gasteiger partial charge on any atom is 0.126 e. The number of nitrogens with zero attached hydrogens (tertiary/aromatic N) is 1. The van der Waals surface area contributed by atoms with Gasteiger partial charge in [-0.15, -0.1) is 0 Å². The number of hydrogen-bond acceptors (Lipinski definition) is 3. The largest absolute Gasteiger partial charge is 0.491 e. The molecule has 3 nitrogen and oxygen atoms in total. The van der Waals surface area contributed by atoms with Crippen LogP contribution in [0.1, 0.15) is 37.9 Å². The van der Waals surface area contributed by atoms with Gasteiger partial charge in [-0.05, 0) is 23.1 Å². The van der Waals surface area contributed by atoms with Crippen LogP contribution >= 0.6 is 0 Å². The van der Waals surface area contributed by atoms with Crippen LogP contribution in [0.25, 0.3) is 0 Å². The Morgan fingerprint density at radius 1 is 1.15 bits per heavy atom. The number of rotatable bonds is 2. The normalized spacial score (nSPS) is 17.4. The molecule has 3 rings (SSSR count). The molecule has 0 fully saturated rings. The van der Waals surface area contributed by atoms with Crippen molar-refractivity contribution in [2.24, 2.45) is 0 Å². The predicted octanol–water partition coefficient (Wildman–Crippen LogP) is 3.92. The van der Waals surface area contributed by atoms with E-state index in [9.17, 15) is 0 Å². The van der Waals surface area contributed by atoms with E-state index in [1.54, 1.807) is 0 Å². The Balaban J connectivity index is 1.76. The maximum atomic E-state index is 5.67. The maximum absolute atomic E-state index is 5.67. The summed E-state index contributed by atoms with van der Waals surface area (Å²) < 4.78 is 5.67. The third-order valence-electron chi connectivity index (χ3n) is 3.65. The number of para-hydroxylation sites is 1.